The molecular formula is C22H37N7. The van der Waals surface area contributed by atoms with Crippen LogP contribution in [0.15, 0.2) is 4.99 Å². The summed E-state index contributed by atoms with van der Waals surface area (Å²) in [5.74, 6) is 3.80. The molecule has 4 aliphatic rings. The van der Waals surface area contributed by atoms with Gasteiger partial charge < -0.3 is 14.8 Å². The maximum Gasteiger partial charge on any atom is 0.194 e. The first-order chi connectivity index (χ1) is 14.2. The predicted molar refractivity (Wildman–Crippen MR) is 115 cm³/mol. The quantitative estimate of drug-likeness (QED) is 0.622. The van der Waals surface area contributed by atoms with Crippen LogP contribution in [0.1, 0.15) is 69.4 Å². The molecule has 4 fully saturated rings. The molecule has 0 radical (unpaired) electrons. The number of nitrogens with zero attached hydrogens (tertiary/aromatic N) is 6. The van der Waals surface area contributed by atoms with E-state index in [9.17, 15) is 0 Å². The van der Waals surface area contributed by atoms with Gasteiger partial charge in [-0.3, -0.25) is 4.90 Å². The number of hydrogen-bond donors (Lipinski definition) is 1. The minimum atomic E-state index is 0.585. The molecule has 5 rings (SSSR count). The van der Waals surface area contributed by atoms with Crippen molar-refractivity contribution >= 4 is 5.96 Å². The highest BCUT2D eigenvalue weighted by Gasteiger charge is 2.42. The first-order valence-corrected chi connectivity index (χ1v) is 11.9. The van der Waals surface area contributed by atoms with E-state index in [-0.39, 0.29) is 0 Å². The van der Waals surface area contributed by atoms with Crippen molar-refractivity contribution in [1.29, 1.82) is 0 Å². The molecule has 1 N–H and O–H groups in total. The maximum atomic E-state index is 5.05. The second kappa shape index (κ2) is 8.25. The second-order valence-electron chi connectivity index (χ2n) is 9.66. The number of likely N-dealkylation sites (tertiary alicyclic amines) is 2. The number of guanidine groups is 1. The fourth-order valence-electron chi connectivity index (χ4n) is 5.72. The van der Waals surface area contributed by atoms with Crippen LogP contribution in [0.2, 0.25) is 0 Å². The Labute approximate surface area is 174 Å². The van der Waals surface area contributed by atoms with E-state index < -0.39 is 0 Å². The third kappa shape index (κ3) is 4.16. The van der Waals surface area contributed by atoms with Crippen LogP contribution in [0.25, 0.3) is 0 Å². The molecule has 0 aromatic carbocycles. The summed E-state index contributed by atoms with van der Waals surface area (Å²) in [4.78, 5) is 10.5. The fraction of sp³-hybridized carbons (Fsp3) is 0.864. The molecule has 7 nitrogen and oxygen atoms in total. The molecule has 2 saturated heterocycles. The number of hydrogen-bond acceptors (Lipinski definition) is 4. The van der Waals surface area contributed by atoms with E-state index in [1.807, 2.05) is 14.0 Å². The maximum absolute atomic E-state index is 5.05. The highest BCUT2D eigenvalue weighted by Crippen LogP contribution is 2.38. The van der Waals surface area contributed by atoms with Crippen molar-refractivity contribution in [2.45, 2.75) is 89.4 Å². The summed E-state index contributed by atoms with van der Waals surface area (Å²) in [5, 5.41) is 12.3. The molecule has 0 spiro atoms. The third-order valence-electron chi connectivity index (χ3n) is 7.67. The van der Waals surface area contributed by atoms with E-state index in [4.69, 9.17) is 4.99 Å². The van der Waals surface area contributed by atoms with Gasteiger partial charge in [-0.15, -0.1) is 10.2 Å². The lowest BCUT2D eigenvalue weighted by molar-refractivity contribution is 0.0367. The van der Waals surface area contributed by atoms with Gasteiger partial charge >= 0.3 is 0 Å². The zero-order valence-electron chi connectivity index (χ0n) is 18.2. The summed E-state index contributed by atoms with van der Waals surface area (Å²) < 4.78 is 2.05. The van der Waals surface area contributed by atoms with Crippen molar-refractivity contribution in [2.75, 3.05) is 19.6 Å². The van der Waals surface area contributed by atoms with Gasteiger partial charge in [-0.1, -0.05) is 12.8 Å². The molecule has 1 aromatic heterocycles. The average molecular weight is 400 g/mol. The lowest BCUT2D eigenvalue weighted by Crippen LogP contribution is -2.58. The van der Waals surface area contributed by atoms with Crippen molar-refractivity contribution in [3.8, 4) is 0 Å². The zero-order chi connectivity index (χ0) is 19.8. The van der Waals surface area contributed by atoms with Crippen LogP contribution in [0.5, 0.6) is 0 Å². The van der Waals surface area contributed by atoms with Gasteiger partial charge in [0, 0.05) is 38.3 Å². The molecule has 2 aliphatic heterocycles. The van der Waals surface area contributed by atoms with E-state index >= 15 is 0 Å². The molecule has 3 heterocycles. The summed E-state index contributed by atoms with van der Waals surface area (Å²) in [6.07, 6.45) is 12.1. The Hall–Kier alpha value is -1.63. The Morgan fingerprint density at radius 1 is 1.03 bits per heavy atom. The lowest BCUT2D eigenvalue weighted by atomic mass is 9.83. The Bertz CT molecular complexity index is 732. The first-order valence-electron chi connectivity index (χ1n) is 11.9. The van der Waals surface area contributed by atoms with E-state index in [0.29, 0.717) is 12.6 Å². The van der Waals surface area contributed by atoms with Gasteiger partial charge in [0.05, 0.1) is 0 Å². The van der Waals surface area contributed by atoms with Crippen LogP contribution in [0.3, 0.4) is 0 Å². The molecular weight excluding hydrogens is 362 g/mol. The monoisotopic (exact) mass is 399 g/mol. The van der Waals surface area contributed by atoms with Crippen LogP contribution in [-0.4, -0.2) is 68.3 Å². The van der Waals surface area contributed by atoms with Crippen LogP contribution in [0.4, 0.5) is 0 Å². The average Bonchev–Trinajstić information content (AvgIpc) is 3.37. The Kier molecular flexibility index (Phi) is 5.50. The van der Waals surface area contributed by atoms with E-state index in [0.717, 1.165) is 48.7 Å². The molecule has 2 unspecified atom stereocenters. The summed E-state index contributed by atoms with van der Waals surface area (Å²) in [7, 11) is 2.03. The van der Waals surface area contributed by atoms with Gasteiger partial charge in [0.25, 0.3) is 0 Å². The van der Waals surface area contributed by atoms with E-state index in [2.05, 4.69) is 29.9 Å². The second-order valence-corrected chi connectivity index (χ2v) is 9.66. The number of rotatable bonds is 4. The number of aryl methyl sites for hydroxylation is 1. The molecule has 2 saturated carbocycles. The lowest BCUT2D eigenvalue weighted by Gasteiger charge is -2.48. The topological polar surface area (TPSA) is 61.6 Å². The number of aromatic nitrogens is 3. The number of nitrogens with one attached hydrogen (secondary N) is 1. The largest absolute Gasteiger partial charge is 0.353 e. The molecule has 2 aliphatic carbocycles. The van der Waals surface area contributed by atoms with Crippen molar-refractivity contribution in [3.63, 3.8) is 0 Å². The van der Waals surface area contributed by atoms with E-state index in [1.54, 1.807) is 0 Å². The van der Waals surface area contributed by atoms with Gasteiger partial charge in [-0.05, 0) is 64.3 Å². The number of aliphatic imine (C=N–C) groups is 1. The van der Waals surface area contributed by atoms with Gasteiger partial charge in [0.15, 0.2) is 11.8 Å². The SMILES string of the molecule is Cc1nnc(CN=C(NC2CCCC2)N2CCC3C(CCCN3C3CC3)C2)n1C. The molecule has 29 heavy (non-hydrogen) atoms. The Morgan fingerprint density at radius 2 is 1.86 bits per heavy atom. The van der Waals surface area contributed by atoms with Crippen LogP contribution in [-0.2, 0) is 13.6 Å². The molecule has 0 amide bonds. The molecule has 0 bridgehead atoms. The zero-order valence-corrected chi connectivity index (χ0v) is 18.2. The van der Waals surface area contributed by atoms with Crippen molar-refractivity contribution in [3.05, 3.63) is 11.6 Å². The van der Waals surface area contributed by atoms with E-state index in [1.165, 1.54) is 64.3 Å². The van der Waals surface area contributed by atoms with Gasteiger partial charge in [-0.2, -0.15) is 0 Å². The van der Waals surface area contributed by atoms with Crippen molar-refractivity contribution in [1.82, 2.24) is 29.9 Å². The van der Waals surface area contributed by atoms with Crippen molar-refractivity contribution in [2.24, 2.45) is 18.0 Å². The highest BCUT2D eigenvalue weighted by atomic mass is 15.3. The van der Waals surface area contributed by atoms with Gasteiger partial charge in [-0.25, -0.2) is 4.99 Å². The highest BCUT2D eigenvalue weighted by molar-refractivity contribution is 5.80. The molecule has 160 valence electrons. The Balaban J connectivity index is 1.30. The summed E-state index contributed by atoms with van der Waals surface area (Å²) >= 11 is 0. The molecule has 2 atom stereocenters. The van der Waals surface area contributed by atoms with Crippen molar-refractivity contribution < 1.29 is 0 Å². The number of piperidine rings is 2. The standard InChI is InChI=1S/C22H37N7/c1-16-25-26-21(27(16)2)14-23-22(24-18-7-3-4-8-18)28-13-11-20-17(15-28)6-5-12-29(20)19-9-10-19/h17-20H,3-15H2,1-2H3,(H,23,24). The third-order valence-corrected chi connectivity index (χ3v) is 7.67. The van der Waals surface area contributed by atoms with Gasteiger partial charge in [0.2, 0.25) is 0 Å². The first kappa shape index (κ1) is 19.3. The predicted octanol–water partition coefficient (Wildman–Crippen LogP) is 2.46. The minimum Gasteiger partial charge on any atom is -0.353 e. The normalized spacial score (nSPS) is 29.3. The summed E-state index contributed by atoms with van der Waals surface area (Å²) in [6, 6.07) is 2.29. The minimum absolute atomic E-state index is 0.585. The van der Waals surface area contributed by atoms with Gasteiger partial charge in [0.1, 0.15) is 12.4 Å². The van der Waals surface area contributed by atoms with Crippen LogP contribution in [0, 0.1) is 12.8 Å². The Morgan fingerprint density at radius 3 is 2.59 bits per heavy atom. The molecule has 7 heteroatoms. The smallest absolute Gasteiger partial charge is 0.194 e. The number of fused-ring (bicyclic) bond motifs is 1. The summed E-state index contributed by atoms with van der Waals surface area (Å²) in [6.45, 7) is 6.21. The summed E-state index contributed by atoms with van der Waals surface area (Å²) in [5.41, 5.74) is 0. The fourth-order valence-corrected chi connectivity index (χ4v) is 5.72. The molecule has 1 aromatic rings. The van der Waals surface area contributed by atoms with Crippen LogP contribution < -0.4 is 5.32 Å². The van der Waals surface area contributed by atoms with Crippen LogP contribution >= 0.6 is 0 Å².